The molecule has 2 aliphatic rings. The van der Waals surface area contributed by atoms with Crippen molar-refractivity contribution in [3.05, 3.63) is 35.9 Å². The normalized spacial score (nSPS) is 23.7. The molecule has 1 unspecified atom stereocenters. The van der Waals surface area contributed by atoms with Crippen LogP contribution < -0.4 is 0 Å². The maximum atomic E-state index is 12.3. The Morgan fingerprint density at radius 1 is 1.27 bits per heavy atom. The van der Waals surface area contributed by atoms with Gasteiger partial charge in [0.05, 0.1) is 13.2 Å². The van der Waals surface area contributed by atoms with Crippen LogP contribution in [-0.2, 0) is 14.3 Å². The summed E-state index contributed by atoms with van der Waals surface area (Å²) in [4.78, 5) is 14.1. The van der Waals surface area contributed by atoms with E-state index >= 15 is 0 Å². The molecule has 0 spiro atoms. The smallest absolute Gasteiger partial charge is 0.298 e. The first-order valence-corrected chi connectivity index (χ1v) is 7.81. The highest BCUT2D eigenvalue weighted by molar-refractivity contribution is 5.94. The lowest BCUT2D eigenvalue weighted by molar-refractivity contribution is -0.192. The van der Waals surface area contributed by atoms with Gasteiger partial charge < -0.3 is 14.4 Å². The van der Waals surface area contributed by atoms with Gasteiger partial charge in [-0.1, -0.05) is 24.1 Å². The Morgan fingerprint density at radius 3 is 2.73 bits per heavy atom. The van der Waals surface area contributed by atoms with E-state index in [1.165, 1.54) is 0 Å². The van der Waals surface area contributed by atoms with E-state index in [1.54, 1.807) is 0 Å². The van der Waals surface area contributed by atoms with Crippen molar-refractivity contribution in [2.24, 2.45) is 5.92 Å². The molecule has 22 heavy (non-hydrogen) atoms. The minimum atomic E-state index is -0.550. The van der Waals surface area contributed by atoms with Crippen LogP contribution in [0.2, 0.25) is 0 Å². The number of hydrogen-bond donors (Lipinski definition) is 0. The average molecular weight is 299 g/mol. The number of rotatable bonds is 1. The summed E-state index contributed by atoms with van der Waals surface area (Å²) in [6.07, 6.45) is 1.98. The van der Waals surface area contributed by atoms with Gasteiger partial charge in [-0.05, 0) is 31.9 Å². The van der Waals surface area contributed by atoms with Gasteiger partial charge in [-0.3, -0.25) is 4.79 Å². The van der Waals surface area contributed by atoms with Crippen molar-refractivity contribution in [2.75, 3.05) is 26.3 Å². The second-order valence-electron chi connectivity index (χ2n) is 5.92. The summed E-state index contributed by atoms with van der Waals surface area (Å²) in [6, 6.07) is 9.58. The predicted molar refractivity (Wildman–Crippen MR) is 82.9 cm³/mol. The van der Waals surface area contributed by atoms with E-state index in [9.17, 15) is 4.79 Å². The Bertz CT molecular complexity index is 581. The summed E-state index contributed by atoms with van der Waals surface area (Å²) >= 11 is 0. The van der Waals surface area contributed by atoms with Crippen LogP contribution in [0.25, 0.3) is 0 Å². The molecule has 2 fully saturated rings. The van der Waals surface area contributed by atoms with Gasteiger partial charge >= 0.3 is 0 Å². The molecule has 1 aromatic rings. The van der Waals surface area contributed by atoms with Crippen LogP contribution in [0.15, 0.2) is 30.3 Å². The van der Waals surface area contributed by atoms with Crippen molar-refractivity contribution in [1.82, 2.24) is 4.90 Å². The summed E-state index contributed by atoms with van der Waals surface area (Å²) in [6.45, 7) is 4.66. The third kappa shape index (κ3) is 3.32. The first kappa shape index (κ1) is 15.1. The molecule has 2 aliphatic heterocycles. The minimum absolute atomic E-state index is 0.116. The molecule has 0 bridgehead atoms. The van der Waals surface area contributed by atoms with E-state index in [2.05, 4.69) is 11.8 Å². The number of hydrogen-bond acceptors (Lipinski definition) is 3. The summed E-state index contributed by atoms with van der Waals surface area (Å²) in [7, 11) is 0. The molecule has 2 heterocycles. The fourth-order valence-corrected chi connectivity index (χ4v) is 3.08. The first-order valence-electron chi connectivity index (χ1n) is 7.81. The van der Waals surface area contributed by atoms with Gasteiger partial charge in [-0.25, -0.2) is 0 Å². The van der Waals surface area contributed by atoms with Gasteiger partial charge in [0.25, 0.3) is 5.91 Å². The zero-order valence-corrected chi connectivity index (χ0v) is 12.9. The highest BCUT2D eigenvalue weighted by atomic mass is 16.7. The molecule has 1 aromatic carbocycles. The fourth-order valence-electron chi connectivity index (χ4n) is 3.08. The van der Waals surface area contributed by atoms with Crippen LogP contribution in [0.5, 0.6) is 0 Å². The molecular weight excluding hydrogens is 278 g/mol. The third-order valence-electron chi connectivity index (χ3n) is 4.40. The lowest BCUT2D eigenvalue weighted by Gasteiger charge is -2.39. The van der Waals surface area contributed by atoms with Gasteiger partial charge in [0.2, 0.25) is 0 Å². The van der Waals surface area contributed by atoms with Crippen molar-refractivity contribution in [2.45, 2.75) is 25.6 Å². The van der Waals surface area contributed by atoms with Crippen molar-refractivity contribution >= 4 is 5.91 Å². The Labute approximate surface area is 131 Å². The molecule has 0 radical (unpaired) electrons. The zero-order valence-electron chi connectivity index (χ0n) is 12.9. The zero-order chi connectivity index (χ0) is 15.4. The number of piperidine rings is 1. The molecule has 0 saturated carbocycles. The molecule has 116 valence electrons. The monoisotopic (exact) mass is 299 g/mol. The summed E-state index contributed by atoms with van der Waals surface area (Å²) in [5.74, 6) is 5.23. The van der Waals surface area contributed by atoms with Crippen LogP contribution in [0.1, 0.15) is 25.3 Å². The minimum Gasteiger partial charge on any atom is -0.347 e. The fraction of sp³-hybridized carbons (Fsp3) is 0.500. The van der Waals surface area contributed by atoms with Crippen molar-refractivity contribution in [3.63, 3.8) is 0 Å². The highest BCUT2D eigenvalue weighted by Crippen LogP contribution is 2.33. The Balaban J connectivity index is 1.64. The van der Waals surface area contributed by atoms with Crippen LogP contribution in [0, 0.1) is 17.8 Å². The average Bonchev–Trinajstić information content (AvgIpc) is 3.02. The third-order valence-corrected chi connectivity index (χ3v) is 4.40. The van der Waals surface area contributed by atoms with Crippen molar-refractivity contribution < 1.29 is 14.3 Å². The summed E-state index contributed by atoms with van der Waals surface area (Å²) in [5, 5.41) is 0. The second-order valence-corrected chi connectivity index (χ2v) is 5.92. The molecule has 2 saturated heterocycles. The molecule has 0 aliphatic carbocycles. The number of ether oxygens (including phenoxy) is 2. The number of likely N-dealkylation sites (tertiary alicyclic amines) is 1. The number of nitrogens with zero attached hydrogens (tertiary/aromatic N) is 1. The van der Waals surface area contributed by atoms with Gasteiger partial charge in [0, 0.05) is 30.5 Å². The van der Waals surface area contributed by atoms with E-state index < -0.39 is 5.79 Å². The summed E-state index contributed by atoms with van der Waals surface area (Å²) in [5.41, 5.74) is 0.860. The quantitative estimate of drug-likeness (QED) is 0.745. The van der Waals surface area contributed by atoms with Crippen molar-refractivity contribution in [3.8, 4) is 11.8 Å². The summed E-state index contributed by atoms with van der Waals surface area (Å²) < 4.78 is 11.5. The van der Waals surface area contributed by atoms with Gasteiger partial charge in [-0.2, -0.15) is 0 Å². The highest BCUT2D eigenvalue weighted by Gasteiger charge is 2.42. The Hall–Kier alpha value is -1.83. The topological polar surface area (TPSA) is 38.8 Å². The molecule has 3 rings (SSSR count). The molecule has 1 atom stereocenters. The molecule has 4 nitrogen and oxygen atoms in total. The maximum Gasteiger partial charge on any atom is 0.298 e. The lowest BCUT2D eigenvalue weighted by Crippen LogP contribution is -2.48. The molecule has 1 amide bonds. The van der Waals surface area contributed by atoms with E-state index in [-0.39, 0.29) is 11.8 Å². The van der Waals surface area contributed by atoms with Crippen LogP contribution in [-0.4, -0.2) is 42.9 Å². The van der Waals surface area contributed by atoms with E-state index in [1.807, 2.05) is 42.2 Å². The molecule has 0 N–H and O–H groups in total. The number of carbonyl (C=O) groups excluding carboxylic acids is 1. The van der Waals surface area contributed by atoms with Gasteiger partial charge in [0.15, 0.2) is 5.79 Å². The van der Waals surface area contributed by atoms with E-state index in [0.717, 1.165) is 24.9 Å². The van der Waals surface area contributed by atoms with Crippen molar-refractivity contribution in [1.29, 1.82) is 0 Å². The lowest BCUT2D eigenvalue weighted by atomic mass is 9.90. The van der Waals surface area contributed by atoms with Crippen LogP contribution >= 0.6 is 0 Å². The van der Waals surface area contributed by atoms with E-state index in [4.69, 9.17) is 9.47 Å². The van der Waals surface area contributed by atoms with Gasteiger partial charge in [-0.15, -0.1) is 0 Å². The number of benzene rings is 1. The molecule has 4 heteroatoms. The van der Waals surface area contributed by atoms with Gasteiger partial charge in [0.1, 0.15) is 0 Å². The molecule has 0 aromatic heterocycles. The maximum absolute atomic E-state index is 12.3. The van der Waals surface area contributed by atoms with Crippen LogP contribution in [0.3, 0.4) is 0 Å². The SMILES string of the molecule is CC1(C2CCCN(C(=O)C#Cc3ccccc3)C2)OCCO1. The number of carbonyl (C=O) groups is 1. The first-order chi connectivity index (χ1) is 10.7. The van der Waals surface area contributed by atoms with E-state index in [0.29, 0.717) is 19.8 Å². The largest absolute Gasteiger partial charge is 0.347 e. The standard InChI is InChI=1S/C18H21NO3/c1-18(21-12-13-22-18)16-8-5-11-19(14-16)17(20)10-9-15-6-3-2-4-7-15/h2-4,6-7,16H,5,8,11-14H2,1H3. The Morgan fingerprint density at radius 2 is 2.00 bits per heavy atom. The predicted octanol–water partition coefficient (Wildman–Crippen LogP) is 2.04. The van der Waals surface area contributed by atoms with Crippen LogP contribution in [0.4, 0.5) is 0 Å². The Kier molecular flexibility index (Phi) is 4.47. The second kappa shape index (κ2) is 6.51. The number of amides is 1. The molecular formula is C18H21NO3.